The smallest absolute Gasteiger partial charge is 0.253 e. The lowest BCUT2D eigenvalue weighted by molar-refractivity contribution is -0.127. The molecule has 1 aliphatic heterocycles. The third-order valence-corrected chi connectivity index (χ3v) is 4.53. The van der Waals surface area contributed by atoms with Gasteiger partial charge in [0.15, 0.2) is 0 Å². The van der Waals surface area contributed by atoms with Gasteiger partial charge in [-0.1, -0.05) is 13.3 Å². The predicted octanol–water partition coefficient (Wildman–Crippen LogP) is 2.85. The van der Waals surface area contributed by atoms with Gasteiger partial charge in [-0.15, -0.1) is 0 Å². The Morgan fingerprint density at radius 1 is 1.33 bits per heavy atom. The van der Waals surface area contributed by atoms with Crippen LogP contribution in [0.25, 0.3) is 0 Å². The van der Waals surface area contributed by atoms with Crippen molar-refractivity contribution in [3.05, 3.63) is 29.8 Å². The number of methoxy groups -OCH3 is 1. The summed E-state index contributed by atoms with van der Waals surface area (Å²) in [6.45, 7) is 5.34. The number of piperidine rings is 1. The third kappa shape index (κ3) is 4.73. The van der Waals surface area contributed by atoms with E-state index in [9.17, 15) is 9.59 Å². The van der Waals surface area contributed by atoms with E-state index in [2.05, 4.69) is 12.2 Å². The van der Waals surface area contributed by atoms with Gasteiger partial charge in [0.05, 0.1) is 13.0 Å². The first-order valence-electron chi connectivity index (χ1n) is 8.78. The third-order valence-electron chi connectivity index (χ3n) is 4.53. The minimum absolute atomic E-state index is 0.0169. The average molecular weight is 332 g/mol. The van der Waals surface area contributed by atoms with E-state index < -0.39 is 0 Å². The first kappa shape index (κ1) is 18.3. The van der Waals surface area contributed by atoms with Gasteiger partial charge >= 0.3 is 0 Å². The number of hydrogen-bond donors (Lipinski definition) is 1. The van der Waals surface area contributed by atoms with Crippen LogP contribution in [0.2, 0.25) is 0 Å². The van der Waals surface area contributed by atoms with E-state index in [1.165, 1.54) is 0 Å². The molecule has 2 amide bonds. The Kier molecular flexibility index (Phi) is 6.64. The molecular formula is C19H28N2O3. The molecule has 0 unspecified atom stereocenters. The van der Waals surface area contributed by atoms with Crippen LogP contribution in [0.1, 0.15) is 49.9 Å². The van der Waals surface area contributed by atoms with Crippen molar-refractivity contribution in [3.8, 4) is 5.75 Å². The molecule has 0 aromatic heterocycles. The van der Waals surface area contributed by atoms with Gasteiger partial charge in [-0.3, -0.25) is 9.59 Å². The Balaban J connectivity index is 1.96. The van der Waals surface area contributed by atoms with Gasteiger partial charge in [-0.25, -0.2) is 0 Å². The summed E-state index contributed by atoms with van der Waals surface area (Å²) in [5.74, 6) is 0.674. The van der Waals surface area contributed by atoms with Crippen molar-refractivity contribution >= 4 is 11.8 Å². The number of hydrogen-bond acceptors (Lipinski definition) is 3. The van der Waals surface area contributed by atoms with Crippen molar-refractivity contribution in [2.75, 3.05) is 20.2 Å². The Hall–Kier alpha value is -2.04. The molecule has 1 aliphatic rings. The molecule has 1 saturated heterocycles. The molecule has 132 valence electrons. The van der Waals surface area contributed by atoms with E-state index in [4.69, 9.17) is 4.74 Å². The summed E-state index contributed by atoms with van der Waals surface area (Å²) < 4.78 is 5.12. The average Bonchev–Trinajstić information content (AvgIpc) is 2.61. The van der Waals surface area contributed by atoms with Crippen molar-refractivity contribution in [2.24, 2.45) is 5.92 Å². The van der Waals surface area contributed by atoms with Crippen LogP contribution in [0.15, 0.2) is 24.3 Å². The zero-order chi connectivity index (χ0) is 17.5. The summed E-state index contributed by atoms with van der Waals surface area (Å²) in [6, 6.07) is 7.30. The zero-order valence-electron chi connectivity index (χ0n) is 14.9. The highest BCUT2D eigenvalue weighted by Crippen LogP contribution is 2.20. The van der Waals surface area contributed by atoms with Gasteiger partial charge in [-0.2, -0.15) is 0 Å². The number of rotatable bonds is 6. The molecule has 1 fully saturated rings. The van der Waals surface area contributed by atoms with Crippen LogP contribution in [0, 0.1) is 5.92 Å². The summed E-state index contributed by atoms with van der Waals surface area (Å²) in [7, 11) is 1.60. The Bertz CT molecular complexity index is 556. The number of carbonyl (C=O) groups excluding carboxylic acids is 2. The molecule has 0 saturated carbocycles. The molecule has 1 heterocycles. The summed E-state index contributed by atoms with van der Waals surface area (Å²) >= 11 is 0. The quantitative estimate of drug-likeness (QED) is 0.871. The number of amides is 2. The molecular weight excluding hydrogens is 304 g/mol. The van der Waals surface area contributed by atoms with Gasteiger partial charge in [0.1, 0.15) is 5.75 Å². The zero-order valence-corrected chi connectivity index (χ0v) is 14.9. The fourth-order valence-electron chi connectivity index (χ4n) is 3.16. The number of carbonyl (C=O) groups is 2. The number of ether oxygens (including phenoxy) is 1. The minimum atomic E-state index is -0.111. The molecule has 5 nitrogen and oxygen atoms in total. The molecule has 2 atom stereocenters. The van der Waals surface area contributed by atoms with Gasteiger partial charge in [-0.05, 0) is 50.5 Å². The lowest BCUT2D eigenvalue weighted by Gasteiger charge is -2.32. The lowest BCUT2D eigenvalue weighted by atomic mass is 9.96. The van der Waals surface area contributed by atoms with E-state index in [1.807, 2.05) is 6.92 Å². The number of likely N-dealkylation sites (tertiary alicyclic amines) is 1. The summed E-state index contributed by atoms with van der Waals surface area (Å²) in [5, 5.41) is 3.07. The number of nitrogens with zero attached hydrogens (tertiary/aromatic N) is 1. The standard InChI is InChI=1S/C19H28N2O3/c1-4-6-14(2)20-18(22)16-7-5-12-21(13-16)19(23)15-8-10-17(24-3)11-9-15/h8-11,14,16H,4-7,12-13H2,1-3H3,(H,20,22)/t14-,16-/m1/s1. The van der Waals surface area contributed by atoms with Crippen LogP contribution in [0.5, 0.6) is 5.75 Å². The molecule has 2 rings (SSSR count). The van der Waals surface area contributed by atoms with Crippen LogP contribution in [0.4, 0.5) is 0 Å². The number of benzene rings is 1. The second-order valence-electron chi connectivity index (χ2n) is 6.52. The summed E-state index contributed by atoms with van der Waals surface area (Å²) in [4.78, 5) is 26.8. The van der Waals surface area contributed by atoms with Crippen LogP contribution in [0.3, 0.4) is 0 Å². The SMILES string of the molecule is CCC[C@@H](C)NC(=O)[C@@H]1CCCN(C(=O)c2ccc(OC)cc2)C1. The highest BCUT2D eigenvalue weighted by Gasteiger charge is 2.29. The van der Waals surface area contributed by atoms with Crippen LogP contribution in [-0.4, -0.2) is 43.0 Å². The largest absolute Gasteiger partial charge is 0.497 e. The molecule has 0 radical (unpaired) electrons. The first-order chi connectivity index (χ1) is 11.5. The molecule has 1 aromatic carbocycles. The van der Waals surface area contributed by atoms with E-state index in [1.54, 1.807) is 36.3 Å². The van der Waals surface area contributed by atoms with Crippen molar-refractivity contribution in [2.45, 2.75) is 45.6 Å². The lowest BCUT2D eigenvalue weighted by Crippen LogP contribution is -2.47. The Labute approximate surface area is 144 Å². The number of nitrogens with one attached hydrogen (secondary N) is 1. The second kappa shape index (κ2) is 8.71. The van der Waals surface area contributed by atoms with Crippen molar-refractivity contribution in [3.63, 3.8) is 0 Å². The fraction of sp³-hybridized carbons (Fsp3) is 0.579. The fourth-order valence-corrected chi connectivity index (χ4v) is 3.16. The van der Waals surface area contributed by atoms with E-state index in [0.717, 1.165) is 31.4 Å². The molecule has 0 bridgehead atoms. The highest BCUT2D eigenvalue weighted by molar-refractivity contribution is 5.94. The summed E-state index contributed by atoms with van der Waals surface area (Å²) in [6.07, 6.45) is 3.74. The second-order valence-corrected chi connectivity index (χ2v) is 6.52. The predicted molar refractivity (Wildman–Crippen MR) is 94.1 cm³/mol. The van der Waals surface area contributed by atoms with E-state index in [0.29, 0.717) is 18.7 Å². The molecule has 1 aromatic rings. The van der Waals surface area contributed by atoms with Crippen molar-refractivity contribution in [1.29, 1.82) is 0 Å². The van der Waals surface area contributed by atoms with E-state index in [-0.39, 0.29) is 23.8 Å². The molecule has 0 spiro atoms. The maximum atomic E-state index is 12.6. The normalized spacial score (nSPS) is 18.8. The molecule has 1 N–H and O–H groups in total. The van der Waals surface area contributed by atoms with Crippen LogP contribution < -0.4 is 10.1 Å². The van der Waals surface area contributed by atoms with Gasteiger partial charge in [0, 0.05) is 24.7 Å². The maximum absolute atomic E-state index is 12.6. The first-order valence-corrected chi connectivity index (χ1v) is 8.78. The van der Waals surface area contributed by atoms with Gasteiger partial charge in [0.25, 0.3) is 5.91 Å². The topological polar surface area (TPSA) is 58.6 Å². The van der Waals surface area contributed by atoms with E-state index >= 15 is 0 Å². The van der Waals surface area contributed by atoms with Gasteiger partial charge in [0.2, 0.25) is 5.91 Å². The molecule has 5 heteroatoms. The molecule has 24 heavy (non-hydrogen) atoms. The van der Waals surface area contributed by atoms with Crippen molar-refractivity contribution in [1.82, 2.24) is 10.2 Å². The van der Waals surface area contributed by atoms with Crippen LogP contribution >= 0.6 is 0 Å². The molecule has 0 aliphatic carbocycles. The Morgan fingerprint density at radius 2 is 2.04 bits per heavy atom. The van der Waals surface area contributed by atoms with Gasteiger partial charge < -0.3 is 15.0 Å². The summed E-state index contributed by atoms with van der Waals surface area (Å²) in [5.41, 5.74) is 0.635. The van der Waals surface area contributed by atoms with Crippen molar-refractivity contribution < 1.29 is 14.3 Å². The highest BCUT2D eigenvalue weighted by atomic mass is 16.5. The monoisotopic (exact) mass is 332 g/mol. The Morgan fingerprint density at radius 3 is 2.67 bits per heavy atom. The maximum Gasteiger partial charge on any atom is 0.253 e. The minimum Gasteiger partial charge on any atom is -0.497 e. The van der Waals surface area contributed by atoms with Crippen LogP contribution in [-0.2, 0) is 4.79 Å².